The van der Waals surface area contributed by atoms with Crippen LogP contribution < -0.4 is 16.4 Å². The van der Waals surface area contributed by atoms with E-state index in [2.05, 4.69) is 20.5 Å². The molecule has 1 atom stereocenters. The fraction of sp³-hybridized carbons (Fsp3) is 0.421. The molecule has 0 spiro atoms. The van der Waals surface area contributed by atoms with Crippen molar-refractivity contribution in [2.24, 2.45) is 11.7 Å². The lowest BCUT2D eigenvalue weighted by molar-refractivity contribution is -0.123. The van der Waals surface area contributed by atoms with Gasteiger partial charge in [-0.1, -0.05) is 12.1 Å². The summed E-state index contributed by atoms with van der Waals surface area (Å²) in [5.74, 6) is -0.251. The number of pyridine rings is 1. The van der Waals surface area contributed by atoms with E-state index in [1.165, 1.54) is 0 Å². The first-order chi connectivity index (χ1) is 12.6. The minimum Gasteiger partial charge on any atom is -0.369 e. The summed E-state index contributed by atoms with van der Waals surface area (Å²) in [6, 6.07) is 9.29. The van der Waals surface area contributed by atoms with Gasteiger partial charge in [-0.2, -0.15) is 0 Å². The Labute approximate surface area is 152 Å². The van der Waals surface area contributed by atoms with Gasteiger partial charge in [-0.05, 0) is 50.6 Å². The van der Waals surface area contributed by atoms with Crippen molar-refractivity contribution in [3.8, 4) is 0 Å². The molecule has 138 valence electrons. The first kappa shape index (κ1) is 18.1. The van der Waals surface area contributed by atoms with Crippen LogP contribution in [0.4, 0.5) is 10.5 Å². The van der Waals surface area contributed by atoms with Crippen LogP contribution in [-0.2, 0) is 4.79 Å². The summed E-state index contributed by atoms with van der Waals surface area (Å²) in [4.78, 5) is 29.9. The van der Waals surface area contributed by atoms with Crippen LogP contribution >= 0.6 is 0 Å². The molecule has 7 nitrogen and oxygen atoms in total. The van der Waals surface area contributed by atoms with Crippen molar-refractivity contribution >= 4 is 28.5 Å². The summed E-state index contributed by atoms with van der Waals surface area (Å²) >= 11 is 0. The molecule has 0 radical (unpaired) electrons. The number of urea groups is 1. The number of nitrogens with one attached hydrogen (secondary N) is 2. The summed E-state index contributed by atoms with van der Waals surface area (Å²) in [5.41, 5.74) is 6.96. The molecule has 1 aromatic carbocycles. The van der Waals surface area contributed by atoms with Crippen LogP contribution in [0.25, 0.3) is 10.9 Å². The molecule has 0 saturated carbocycles. The molecule has 1 aliphatic rings. The number of hydrogen-bond acceptors (Lipinski definition) is 4. The number of rotatable bonds is 6. The highest BCUT2D eigenvalue weighted by atomic mass is 16.2. The number of piperidine rings is 1. The van der Waals surface area contributed by atoms with E-state index in [1.807, 2.05) is 30.3 Å². The molecule has 7 heteroatoms. The van der Waals surface area contributed by atoms with Crippen LogP contribution in [0, 0.1) is 5.92 Å². The van der Waals surface area contributed by atoms with Crippen LogP contribution in [0.2, 0.25) is 0 Å². The van der Waals surface area contributed by atoms with Gasteiger partial charge in [0, 0.05) is 30.4 Å². The molecule has 1 aromatic heterocycles. The van der Waals surface area contributed by atoms with Gasteiger partial charge in [0.05, 0.1) is 11.4 Å². The standard InChI is InChI=1S/C19H25N5O2/c20-18(25)15-5-2-10-24(13-15)11-3-9-22-19(26)23-16-7-6-14-4-1-8-21-17(14)12-16/h1,4,6-8,12,15H,2-3,5,9-11,13H2,(H2,20,25)(H2,22,23,26). The van der Waals surface area contributed by atoms with E-state index in [-0.39, 0.29) is 17.9 Å². The van der Waals surface area contributed by atoms with Gasteiger partial charge >= 0.3 is 6.03 Å². The van der Waals surface area contributed by atoms with E-state index in [0.29, 0.717) is 12.2 Å². The van der Waals surface area contributed by atoms with E-state index >= 15 is 0 Å². The van der Waals surface area contributed by atoms with Crippen molar-refractivity contribution in [1.29, 1.82) is 0 Å². The van der Waals surface area contributed by atoms with E-state index in [1.54, 1.807) is 6.20 Å². The molecule has 4 N–H and O–H groups in total. The van der Waals surface area contributed by atoms with Crippen molar-refractivity contribution in [2.75, 3.05) is 31.5 Å². The summed E-state index contributed by atoms with van der Waals surface area (Å²) in [6.45, 7) is 3.14. The fourth-order valence-corrected chi connectivity index (χ4v) is 3.31. The van der Waals surface area contributed by atoms with Gasteiger partial charge in [0.2, 0.25) is 5.91 Å². The van der Waals surface area contributed by atoms with E-state index < -0.39 is 0 Å². The monoisotopic (exact) mass is 355 g/mol. The van der Waals surface area contributed by atoms with Crippen molar-refractivity contribution in [3.63, 3.8) is 0 Å². The second kappa shape index (κ2) is 8.62. The van der Waals surface area contributed by atoms with Crippen LogP contribution in [-0.4, -0.2) is 48.0 Å². The zero-order valence-corrected chi connectivity index (χ0v) is 14.8. The molecule has 2 aromatic rings. The Morgan fingerprint density at radius 1 is 1.31 bits per heavy atom. The number of nitrogens with zero attached hydrogens (tertiary/aromatic N) is 2. The zero-order chi connectivity index (χ0) is 18.4. The summed E-state index contributed by atoms with van der Waals surface area (Å²) in [5, 5.41) is 6.73. The molecular formula is C19H25N5O2. The van der Waals surface area contributed by atoms with Gasteiger partial charge in [0.15, 0.2) is 0 Å². The maximum atomic E-state index is 12.0. The smallest absolute Gasteiger partial charge is 0.319 e. The molecule has 1 unspecified atom stereocenters. The van der Waals surface area contributed by atoms with Crippen molar-refractivity contribution in [2.45, 2.75) is 19.3 Å². The lowest BCUT2D eigenvalue weighted by Crippen LogP contribution is -2.42. The van der Waals surface area contributed by atoms with Crippen molar-refractivity contribution < 1.29 is 9.59 Å². The maximum absolute atomic E-state index is 12.0. The third kappa shape index (κ3) is 4.92. The third-order valence-corrected chi connectivity index (χ3v) is 4.71. The number of anilines is 1. The Balaban J connectivity index is 1.39. The number of primary amides is 1. The minimum atomic E-state index is -0.228. The van der Waals surface area contributed by atoms with Gasteiger partial charge in [0.25, 0.3) is 0 Å². The molecule has 0 aliphatic carbocycles. The Morgan fingerprint density at radius 3 is 3.04 bits per heavy atom. The number of nitrogens with two attached hydrogens (primary N) is 1. The lowest BCUT2D eigenvalue weighted by atomic mass is 9.97. The van der Waals surface area contributed by atoms with Crippen molar-refractivity contribution in [1.82, 2.24) is 15.2 Å². The second-order valence-corrected chi connectivity index (χ2v) is 6.69. The number of carbonyl (C=O) groups excluding carboxylic acids is 2. The largest absolute Gasteiger partial charge is 0.369 e. The molecular weight excluding hydrogens is 330 g/mol. The highest BCUT2D eigenvalue weighted by Gasteiger charge is 2.23. The number of likely N-dealkylation sites (tertiary alicyclic amines) is 1. The Hall–Kier alpha value is -2.67. The van der Waals surface area contributed by atoms with Gasteiger partial charge in [0.1, 0.15) is 0 Å². The number of fused-ring (bicyclic) bond motifs is 1. The number of aromatic nitrogens is 1. The van der Waals surface area contributed by atoms with Crippen LogP contribution in [0.5, 0.6) is 0 Å². The fourth-order valence-electron chi connectivity index (χ4n) is 3.31. The predicted molar refractivity (Wildman–Crippen MR) is 102 cm³/mol. The molecule has 1 saturated heterocycles. The Morgan fingerprint density at radius 2 is 2.19 bits per heavy atom. The summed E-state index contributed by atoms with van der Waals surface area (Å²) in [7, 11) is 0. The van der Waals surface area contributed by atoms with Gasteiger partial charge < -0.3 is 21.3 Å². The molecule has 3 amide bonds. The first-order valence-corrected chi connectivity index (χ1v) is 9.03. The molecule has 1 fully saturated rings. The van der Waals surface area contributed by atoms with Gasteiger partial charge in [-0.25, -0.2) is 4.79 Å². The quantitative estimate of drug-likeness (QED) is 0.689. The second-order valence-electron chi connectivity index (χ2n) is 6.69. The number of carbonyl (C=O) groups is 2. The molecule has 3 rings (SSSR count). The SMILES string of the molecule is NC(=O)C1CCCN(CCCNC(=O)Nc2ccc3cccnc3c2)C1. The highest BCUT2D eigenvalue weighted by molar-refractivity contribution is 5.92. The average molecular weight is 355 g/mol. The normalized spacial score (nSPS) is 17.8. The van der Waals surface area contributed by atoms with Crippen LogP contribution in [0.3, 0.4) is 0 Å². The molecule has 26 heavy (non-hydrogen) atoms. The number of amides is 3. The topological polar surface area (TPSA) is 100 Å². The zero-order valence-electron chi connectivity index (χ0n) is 14.8. The molecule has 0 bridgehead atoms. The highest BCUT2D eigenvalue weighted by Crippen LogP contribution is 2.17. The van der Waals surface area contributed by atoms with Gasteiger partial charge in [-0.15, -0.1) is 0 Å². The third-order valence-electron chi connectivity index (χ3n) is 4.71. The predicted octanol–water partition coefficient (Wildman–Crippen LogP) is 1.94. The summed E-state index contributed by atoms with van der Waals surface area (Å²) in [6.07, 6.45) is 4.44. The van der Waals surface area contributed by atoms with E-state index in [0.717, 1.165) is 49.8 Å². The van der Waals surface area contributed by atoms with Gasteiger partial charge in [-0.3, -0.25) is 9.78 Å². The molecule has 1 aliphatic heterocycles. The molecule has 2 heterocycles. The number of benzene rings is 1. The minimum absolute atomic E-state index is 0.0403. The maximum Gasteiger partial charge on any atom is 0.319 e. The Bertz CT molecular complexity index is 779. The van der Waals surface area contributed by atoms with E-state index in [9.17, 15) is 9.59 Å². The summed E-state index contributed by atoms with van der Waals surface area (Å²) < 4.78 is 0. The average Bonchev–Trinajstić information content (AvgIpc) is 2.65. The van der Waals surface area contributed by atoms with Crippen molar-refractivity contribution in [3.05, 3.63) is 36.5 Å². The van der Waals surface area contributed by atoms with Crippen LogP contribution in [0.1, 0.15) is 19.3 Å². The van der Waals surface area contributed by atoms with E-state index in [4.69, 9.17) is 5.73 Å². The number of hydrogen-bond donors (Lipinski definition) is 3. The first-order valence-electron chi connectivity index (χ1n) is 9.03. The van der Waals surface area contributed by atoms with Crippen LogP contribution in [0.15, 0.2) is 36.5 Å². The lowest BCUT2D eigenvalue weighted by Gasteiger charge is -2.31. The Kier molecular flexibility index (Phi) is 6.01.